The smallest absolute Gasteiger partial charge is 0.188 e. The lowest BCUT2D eigenvalue weighted by Gasteiger charge is -2.14. The molecule has 20 heavy (non-hydrogen) atoms. The van der Waals surface area contributed by atoms with Gasteiger partial charge in [0.1, 0.15) is 6.61 Å². The summed E-state index contributed by atoms with van der Waals surface area (Å²) in [6.07, 6.45) is 4.66. The van der Waals surface area contributed by atoms with Crippen LogP contribution in [-0.2, 0) is 4.74 Å². The molecular weight excluding hydrogens is 250 g/mol. The van der Waals surface area contributed by atoms with Gasteiger partial charge in [-0.3, -0.25) is 4.79 Å². The first kappa shape index (κ1) is 16.4. The van der Waals surface area contributed by atoms with Crippen molar-refractivity contribution in [3.63, 3.8) is 0 Å². The zero-order valence-electron chi connectivity index (χ0n) is 12.4. The Bertz CT molecular complexity index is 445. The predicted octanol–water partition coefficient (Wildman–Crippen LogP) is 3.97. The lowest BCUT2D eigenvalue weighted by Crippen LogP contribution is -2.15. The van der Waals surface area contributed by atoms with Crippen LogP contribution in [0.15, 0.2) is 24.3 Å². The van der Waals surface area contributed by atoms with Crippen molar-refractivity contribution < 1.29 is 9.53 Å². The molecule has 0 aliphatic heterocycles. The number of carbonyl (C=O) groups excluding carboxylic acids is 1. The molecule has 3 heteroatoms. The van der Waals surface area contributed by atoms with Gasteiger partial charge in [0.2, 0.25) is 0 Å². The molecule has 0 N–H and O–H groups in total. The minimum Gasteiger partial charge on any atom is -0.373 e. The van der Waals surface area contributed by atoms with Crippen molar-refractivity contribution >= 4 is 5.78 Å². The van der Waals surface area contributed by atoms with Gasteiger partial charge in [-0.15, -0.1) is 0 Å². The molecule has 0 bridgehead atoms. The highest BCUT2D eigenvalue weighted by Crippen LogP contribution is 2.13. The van der Waals surface area contributed by atoms with Crippen molar-refractivity contribution in [3.8, 4) is 6.07 Å². The summed E-state index contributed by atoms with van der Waals surface area (Å²) in [4.78, 5) is 11.9. The second kappa shape index (κ2) is 9.28. The summed E-state index contributed by atoms with van der Waals surface area (Å²) in [7, 11) is 0. The largest absolute Gasteiger partial charge is 0.373 e. The highest BCUT2D eigenvalue weighted by molar-refractivity contribution is 5.97. The number of unbranched alkanes of at least 4 members (excludes halogenated alkanes) is 1. The van der Waals surface area contributed by atoms with Gasteiger partial charge in [-0.05, 0) is 24.5 Å². The fourth-order valence-electron chi connectivity index (χ4n) is 2.03. The predicted molar refractivity (Wildman–Crippen MR) is 79.6 cm³/mol. The zero-order chi connectivity index (χ0) is 14.8. The standard InChI is InChI=1S/C17H23NO2/c1-3-5-6-14(4-2)12-20-13-17(19)16-9-7-15(11-18)8-10-16/h7-10,14H,3-6,12-13H2,1-2H3. The molecule has 0 saturated heterocycles. The van der Waals surface area contributed by atoms with Crippen LogP contribution in [0.1, 0.15) is 55.5 Å². The Hall–Kier alpha value is -1.66. The molecule has 3 nitrogen and oxygen atoms in total. The van der Waals surface area contributed by atoms with Crippen LogP contribution >= 0.6 is 0 Å². The van der Waals surface area contributed by atoms with E-state index in [1.165, 1.54) is 12.8 Å². The minimum absolute atomic E-state index is 0.0279. The monoisotopic (exact) mass is 273 g/mol. The number of Topliss-reactive ketones (excluding diaryl/α,β-unsaturated/α-hetero) is 1. The summed E-state index contributed by atoms with van der Waals surface area (Å²) < 4.78 is 5.54. The molecule has 1 aromatic carbocycles. The second-order valence-corrected chi connectivity index (χ2v) is 5.04. The Morgan fingerprint density at radius 2 is 2.00 bits per heavy atom. The normalized spacial score (nSPS) is 11.8. The van der Waals surface area contributed by atoms with Gasteiger partial charge in [-0.2, -0.15) is 5.26 Å². The number of rotatable bonds is 9. The van der Waals surface area contributed by atoms with Gasteiger partial charge in [0.05, 0.1) is 11.6 Å². The quantitative estimate of drug-likeness (QED) is 0.639. The van der Waals surface area contributed by atoms with Crippen LogP contribution in [0.2, 0.25) is 0 Å². The lowest BCUT2D eigenvalue weighted by molar-refractivity contribution is 0.0658. The highest BCUT2D eigenvalue weighted by Gasteiger charge is 2.09. The third-order valence-corrected chi connectivity index (χ3v) is 3.47. The lowest BCUT2D eigenvalue weighted by atomic mass is 10.0. The van der Waals surface area contributed by atoms with E-state index in [2.05, 4.69) is 13.8 Å². The molecule has 1 unspecified atom stereocenters. The molecule has 0 fully saturated rings. The molecule has 0 spiro atoms. The van der Waals surface area contributed by atoms with Crippen LogP contribution in [0.4, 0.5) is 0 Å². The Morgan fingerprint density at radius 1 is 1.30 bits per heavy atom. The van der Waals surface area contributed by atoms with E-state index >= 15 is 0 Å². The summed E-state index contributed by atoms with van der Waals surface area (Å²) in [5.41, 5.74) is 1.17. The van der Waals surface area contributed by atoms with Gasteiger partial charge < -0.3 is 4.74 Å². The number of ketones is 1. The number of ether oxygens (including phenoxy) is 1. The summed E-state index contributed by atoms with van der Waals surface area (Å²) in [6, 6.07) is 8.71. The van der Waals surface area contributed by atoms with Crippen LogP contribution in [0.5, 0.6) is 0 Å². The third kappa shape index (κ3) is 5.54. The van der Waals surface area contributed by atoms with E-state index in [9.17, 15) is 4.79 Å². The second-order valence-electron chi connectivity index (χ2n) is 5.04. The molecule has 0 aliphatic rings. The highest BCUT2D eigenvalue weighted by atomic mass is 16.5. The number of nitrogens with zero attached hydrogens (tertiary/aromatic N) is 1. The van der Waals surface area contributed by atoms with E-state index < -0.39 is 0 Å². The number of hydrogen-bond acceptors (Lipinski definition) is 3. The van der Waals surface area contributed by atoms with Crippen LogP contribution in [0.3, 0.4) is 0 Å². The van der Waals surface area contributed by atoms with Crippen LogP contribution in [0.25, 0.3) is 0 Å². The Morgan fingerprint density at radius 3 is 2.55 bits per heavy atom. The van der Waals surface area contributed by atoms with E-state index in [-0.39, 0.29) is 12.4 Å². The van der Waals surface area contributed by atoms with E-state index in [0.29, 0.717) is 23.7 Å². The summed E-state index contributed by atoms with van der Waals surface area (Å²) >= 11 is 0. The summed E-state index contributed by atoms with van der Waals surface area (Å²) in [6.45, 7) is 5.11. The average Bonchev–Trinajstić information content (AvgIpc) is 2.50. The van der Waals surface area contributed by atoms with Gasteiger partial charge in [0, 0.05) is 12.2 Å². The molecule has 0 heterocycles. The molecule has 1 aromatic rings. The van der Waals surface area contributed by atoms with Crippen molar-refractivity contribution in [2.45, 2.75) is 39.5 Å². The SMILES string of the molecule is CCCCC(CC)COCC(=O)c1ccc(C#N)cc1. The van der Waals surface area contributed by atoms with E-state index in [4.69, 9.17) is 10.00 Å². The van der Waals surface area contributed by atoms with Crippen LogP contribution in [0, 0.1) is 17.2 Å². The number of benzene rings is 1. The Kier molecular flexibility index (Phi) is 7.60. The van der Waals surface area contributed by atoms with Crippen LogP contribution < -0.4 is 0 Å². The first-order valence-electron chi connectivity index (χ1n) is 7.32. The number of hydrogen-bond donors (Lipinski definition) is 0. The molecule has 0 aliphatic carbocycles. The molecule has 1 atom stereocenters. The maximum Gasteiger partial charge on any atom is 0.188 e. The molecule has 0 radical (unpaired) electrons. The van der Waals surface area contributed by atoms with Crippen LogP contribution in [-0.4, -0.2) is 19.0 Å². The van der Waals surface area contributed by atoms with Crippen molar-refractivity contribution in [2.24, 2.45) is 5.92 Å². The molecule has 1 rings (SSSR count). The summed E-state index contributed by atoms with van der Waals surface area (Å²) in [5.74, 6) is 0.517. The minimum atomic E-state index is -0.0279. The first-order chi connectivity index (χ1) is 9.71. The Labute approximate surface area is 121 Å². The van der Waals surface area contributed by atoms with Gasteiger partial charge in [-0.1, -0.05) is 45.2 Å². The molecule has 0 aromatic heterocycles. The fourth-order valence-corrected chi connectivity index (χ4v) is 2.03. The van der Waals surface area contributed by atoms with Crippen molar-refractivity contribution in [1.29, 1.82) is 5.26 Å². The van der Waals surface area contributed by atoms with Gasteiger partial charge in [0.25, 0.3) is 0 Å². The Balaban J connectivity index is 2.36. The zero-order valence-corrected chi connectivity index (χ0v) is 12.4. The van der Waals surface area contributed by atoms with Crippen molar-refractivity contribution in [3.05, 3.63) is 35.4 Å². The number of carbonyl (C=O) groups is 1. The van der Waals surface area contributed by atoms with Crippen molar-refractivity contribution in [1.82, 2.24) is 0 Å². The van der Waals surface area contributed by atoms with Gasteiger partial charge >= 0.3 is 0 Å². The third-order valence-electron chi connectivity index (χ3n) is 3.47. The van der Waals surface area contributed by atoms with Gasteiger partial charge in [0.15, 0.2) is 5.78 Å². The number of nitriles is 1. The maximum atomic E-state index is 11.9. The fraction of sp³-hybridized carbons (Fsp3) is 0.529. The molecule has 0 saturated carbocycles. The topological polar surface area (TPSA) is 50.1 Å². The molecular formula is C17H23NO2. The average molecular weight is 273 g/mol. The maximum absolute atomic E-state index is 11.9. The molecule has 0 amide bonds. The first-order valence-corrected chi connectivity index (χ1v) is 7.32. The van der Waals surface area contributed by atoms with E-state index in [1.54, 1.807) is 24.3 Å². The molecule has 108 valence electrons. The van der Waals surface area contributed by atoms with E-state index in [1.807, 2.05) is 6.07 Å². The summed E-state index contributed by atoms with van der Waals surface area (Å²) in [5, 5.41) is 8.71. The van der Waals surface area contributed by atoms with E-state index in [0.717, 1.165) is 12.8 Å². The van der Waals surface area contributed by atoms with Crippen molar-refractivity contribution in [2.75, 3.05) is 13.2 Å². The van der Waals surface area contributed by atoms with Gasteiger partial charge in [-0.25, -0.2) is 0 Å².